The lowest BCUT2D eigenvalue weighted by molar-refractivity contribution is -0.152. The molecule has 1 unspecified atom stereocenters. The lowest BCUT2D eigenvalue weighted by Gasteiger charge is -2.14. The normalized spacial score (nSPS) is 14.1. The van der Waals surface area contributed by atoms with Crippen molar-refractivity contribution < 1.29 is 23.0 Å². The summed E-state index contributed by atoms with van der Waals surface area (Å²) in [5.41, 5.74) is -1.31. The molecule has 7 heteroatoms. The molecule has 0 spiro atoms. The molecule has 1 aromatic rings. The summed E-state index contributed by atoms with van der Waals surface area (Å²) < 4.78 is 43.6. The first kappa shape index (κ1) is 13.0. The maximum atomic E-state index is 12.7. The summed E-state index contributed by atoms with van der Waals surface area (Å²) in [6.45, 7) is 3.32. The lowest BCUT2D eigenvalue weighted by atomic mass is 10.2. The van der Waals surface area contributed by atoms with Crippen LogP contribution in [0.3, 0.4) is 0 Å². The van der Waals surface area contributed by atoms with Crippen LogP contribution in [0.5, 0.6) is 0 Å². The van der Waals surface area contributed by atoms with Gasteiger partial charge in [0.15, 0.2) is 12.0 Å². The van der Waals surface area contributed by atoms with Gasteiger partial charge in [-0.15, -0.1) is 0 Å². The fraction of sp³-hybridized carbons (Fsp3) is 0.667. The second-order valence-electron chi connectivity index (χ2n) is 3.07. The molecule has 0 bridgehead atoms. The minimum atomic E-state index is -4.56. The van der Waals surface area contributed by atoms with Crippen LogP contribution in [0, 0.1) is 0 Å². The van der Waals surface area contributed by atoms with Crippen molar-refractivity contribution in [2.75, 3.05) is 6.61 Å². The fourth-order valence-corrected chi connectivity index (χ4v) is 1.38. The van der Waals surface area contributed by atoms with Crippen LogP contribution in [0.1, 0.15) is 31.4 Å². The summed E-state index contributed by atoms with van der Waals surface area (Å²) in [6, 6.07) is 0. The van der Waals surface area contributed by atoms with Crippen molar-refractivity contribution in [1.29, 1.82) is 0 Å². The third-order valence-electron chi connectivity index (χ3n) is 2.03. The highest BCUT2D eigenvalue weighted by molar-refractivity contribution is 5.22. The third-order valence-corrected chi connectivity index (χ3v) is 2.03. The first-order valence-electron chi connectivity index (χ1n) is 4.84. The number of aliphatic hydroxyl groups excluding tert-OH is 1. The number of aromatic nitrogens is 2. The topological polar surface area (TPSA) is 47.3 Å². The molecule has 92 valence electrons. The van der Waals surface area contributed by atoms with Gasteiger partial charge < -0.3 is 9.84 Å². The Morgan fingerprint density at radius 2 is 2.12 bits per heavy atom. The molecule has 16 heavy (non-hydrogen) atoms. The van der Waals surface area contributed by atoms with Crippen LogP contribution >= 0.6 is 0 Å². The number of ether oxygens (including phenoxy) is 1. The van der Waals surface area contributed by atoms with Gasteiger partial charge in [-0.2, -0.15) is 18.3 Å². The predicted octanol–water partition coefficient (Wildman–Crippen LogP) is 1.95. The zero-order chi connectivity index (χ0) is 12.3. The largest absolute Gasteiger partial charge is 0.433 e. The van der Waals surface area contributed by atoms with E-state index in [-0.39, 0.29) is 18.7 Å². The summed E-state index contributed by atoms with van der Waals surface area (Å²) in [6.07, 6.45) is -5.17. The number of aliphatic hydroxyl groups is 1. The van der Waals surface area contributed by atoms with Crippen LogP contribution in [0.4, 0.5) is 13.2 Å². The van der Waals surface area contributed by atoms with Gasteiger partial charge in [-0.1, -0.05) is 0 Å². The first-order chi connectivity index (χ1) is 7.41. The minimum Gasteiger partial charge on any atom is -0.364 e. The van der Waals surface area contributed by atoms with Crippen LogP contribution in [0.25, 0.3) is 0 Å². The van der Waals surface area contributed by atoms with Gasteiger partial charge in [0.05, 0.1) is 11.8 Å². The summed E-state index contributed by atoms with van der Waals surface area (Å²) in [5.74, 6) is 0. The summed E-state index contributed by atoms with van der Waals surface area (Å²) in [4.78, 5) is 0. The average molecular weight is 238 g/mol. The van der Waals surface area contributed by atoms with Crippen molar-refractivity contribution in [3.05, 3.63) is 17.5 Å². The number of hydrogen-bond donors (Lipinski definition) is 1. The molecule has 4 nitrogen and oxygen atoms in total. The zero-order valence-corrected chi connectivity index (χ0v) is 8.95. The first-order valence-corrected chi connectivity index (χ1v) is 4.84. The molecule has 1 atom stereocenters. The highest BCUT2D eigenvalue weighted by atomic mass is 19.4. The zero-order valence-electron chi connectivity index (χ0n) is 8.95. The second kappa shape index (κ2) is 4.84. The number of halogens is 3. The Hall–Kier alpha value is -1.08. The second-order valence-corrected chi connectivity index (χ2v) is 3.07. The number of aryl methyl sites for hydroxylation is 1. The maximum absolute atomic E-state index is 12.7. The predicted molar refractivity (Wildman–Crippen MR) is 49.5 cm³/mol. The van der Waals surface area contributed by atoms with E-state index in [1.807, 2.05) is 0 Å². The SMILES string of the molecule is CCOC(O)c1cnn(CC)c1C(F)(F)F. The van der Waals surface area contributed by atoms with Crippen molar-refractivity contribution >= 4 is 0 Å². The quantitative estimate of drug-likeness (QED) is 0.815. The smallest absolute Gasteiger partial charge is 0.364 e. The lowest BCUT2D eigenvalue weighted by Crippen LogP contribution is -2.18. The van der Waals surface area contributed by atoms with Gasteiger partial charge in [0, 0.05) is 13.2 Å². The van der Waals surface area contributed by atoms with Crippen LogP contribution < -0.4 is 0 Å². The minimum absolute atomic E-state index is 0.0771. The molecule has 1 N–H and O–H groups in total. The molecule has 0 aliphatic heterocycles. The molecule has 0 fully saturated rings. The molecule has 0 saturated carbocycles. The van der Waals surface area contributed by atoms with Crippen molar-refractivity contribution in [1.82, 2.24) is 9.78 Å². The number of nitrogens with zero attached hydrogens (tertiary/aromatic N) is 2. The molecular formula is C9H13F3N2O2. The highest BCUT2D eigenvalue weighted by Crippen LogP contribution is 2.34. The van der Waals surface area contributed by atoms with Crippen LogP contribution in [-0.4, -0.2) is 21.5 Å². The van der Waals surface area contributed by atoms with E-state index in [9.17, 15) is 18.3 Å². The van der Waals surface area contributed by atoms with E-state index in [1.54, 1.807) is 13.8 Å². The van der Waals surface area contributed by atoms with Gasteiger partial charge in [0.25, 0.3) is 0 Å². The Kier molecular flexibility index (Phi) is 3.93. The van der Waals surface area contributed by atoms with E-state index < -0.39 is 18.2 Å². The Labute approximate surface area is 90.6 Å². The molecule has 1 rings (SSSR count). The van der Waals surface area contributed by atoms with Gasteiger partial charge >= 0.3 is 6.18 Å². The van der Waals surface area contributed by atoms with E-state index in [0.29, 0.717) is 0 Å². The number of hydrogen-bond acceptors (Lipinski definition) is 3. The van der Waals surface area contributed by atoms with E-state index in [0.717, 1.165) is 10.9 Å². The summed E-state index contributed by atoms with van der Waals surface area (Å²) in [5, 5.41) is 13.0. The molecule has 0 aliphatic carbocycles. The van der Waals surface area contributed by atoms with Crippen molar-refractivity contribution in [3.63, 3.8) is 0 Å². The average Bonchev–Trinajstić information content (AvgIpc) is 2.60. The molecular weight excluding hydrogens is 225 g/mol. The van der Waals surface area contributed by atoms with Crippen LogP contribution in [0.15, 0.2) is 6.20 Å². The molecule has 0 saturated heterocycles. The molecule has 0 radical (unpaired) electrons. The molecule has 1 heterocycles. The number of rotatable bonds is 4. The van der Waals surface area contributed by atoms with Crippen LogP contribution in [0.2, 0.25) is 0 Å². The molecule has 0 aliphatic rings. The maximum Gasteiger partial charge on any atom is 0.433 e. The monoisotopic (exact) mass is 238 g/mol. The van der Waals surface area contributed by atoms with E-state index in [1.165, 1.54) is 0 Å². The molecule has 0 aromatic carbocycles. The Morgan fingerprint density at radius 3 is 2.56 bits per heavy atom. The van der Waals surface area contributed by atoms with Crippen molar-refractivity contribution in [2.45, 2.75) is 32.9 Å². The Morgan fingerprint density at radius 1 is 1.50 bits per heavy atom. The van der Waals surface area contributed by atoms with Gasteiger partial charge in [-0.25, -0.2) is 0 Å². The highest BCUT2D eigenvalue weighted by Gasteiger charge is 2.39. The molecule has 0 amide bonds. The summed E-state index contributed by atoms with van der Waals surface area (Å²) >= 11 is 0. The van der Waals surface area contributed by atoms with Crippen LogP contribution in [-0.2, 0) is 17.5 Å². The van der Waals surface area contributed by atoms with E-state index in [2.05, 4.69) is 5.10 Å². The summed E-state index contributed by atoms with van der Waals surface area (Å²) in [7, 11) is 0. The third kappa shape index (κ3) is 2.53. The van der Waals surface area contributed by atoms with Gasteiger partial charge in [-0.05, 0) is 13.8 Å². The number of alkyl halides is 3. The van der Waals surface area contributed by atoms with E-state index >= 15 is 0 Å². The van der Waals surface area contributed by atoms with Gasteiger partial charge in [0.2, 0.25) is 0 Å². The Balaban J connectivity index is 3.15. The van der Waals surface area contributed by atoms with Gasteiger partial charge in [-0.3, -0.25) is 4.68 Å². The fourth-order valence-electron chi connectivity index (χ4n) is 1.38. The molecule has 1 aromatic heterocycles. The van der Waals surface area contributed by atoms with Gasteiger partial charge in [0.1, 0.15) is 0 Å². The van der Waals surface area contributed by atoms with Crippen molar-refractivity contribution in [3.8, 4) is 0 Å². The van der Waals surface area contributed by atoms with E-state index in [4.69, 9.17) is 4.74 Å². The van der Waals surface area contributed by atoms with Crippen molar-refractivity contribution in [2.24, 2.45) is 0 Å². The standard InChI is InChI=1S/C9H13F3N2O2/c1-3-14-7(9(10,11)12)6(5-13-14)8(15)16-4-2/h5,8,15H,3-4H2,1-2H3. The Bertz CT molecular complexity index is 349.